The van der Waals surface area contributed by atoms with Crippen LogP contribution in [0.1, 0.15) is 28.9 Å². The molecular weight excluding hydrogens is 262 g/mol. The number of aryl methyl sites for hydroxylation is 2. The van der Waals surface area contributed by atoms with E-state index in [1.807, 2.05) is 19.9 Å². The predicted molar refractivity (Wildman–Crippen MR) is 69.4 cm³/mol. The van der Waals surface area contributed by atoms with Gasteiger partial charge < -0.3 is 10.4 Å². The molecule has 8 nitrogen and oxygen atoms in total. The van der Waals surface area contributed by atoms with Crippen LogP contribution in [0.3, 0.4) is 0 Å². The SMILES string of the molecule is Cc1cc(C)n2nc(C(=O)NCC(C)C(=O)O)nc2n1. The quantitative estimate of drug-likeness (QED) is 0.825. The largest absolute Gasteiger partial charge is 0.481 e. The Balaban J connectivity index is 2.19. The summed E-state index contributed by atoms with van der Waals surface area (Å²) in [7, 11) is 0. The number of carboxylic acid groups (broad SMARTS) is 1. The zero-order chi connectivity index (χ0) is 14.9. The standard InChI is InChI=1S/C12H15N5O3/c1-6(11(19)20)5-13-10(18)9-15-12-14-7(2)4-8(3)17(12)16-9/h4,6H,5H2,1-3H3,(H,13,18)(H,19,20). The van der Waals surface area contributed by atoms with E-state index in [1.165, 1.54) is 11.4 Å². The molecule has 2 N–H and O–H groups in total. The molecule has 0 fully saturated rings. The van der Waals surface area contributed by atoms with E-state index in [0.29, 0.717) is 5.78 Å². The van der Waals surface area contributed by atoms with Crippen LogP contribution in [0, 0.1) is 19.8 Å². The first-order valence-electron chi connectivity index (χ1n) is 6.10. The lowest BCUT2D eigenvalue weighted by Gasteiger charge is -2.05. The molecule has 20 heavy (non-hydrogen) atoms. The summed E-state index contributed by atoms with van der Waals surface area (Å²) in [4.78, 5) is 30.8. The van der Waals surface area contributed by atoms with Crippen molar-refractivity contribution in [1.29, 1.82) is 0 Å². The Morgan fingerprint density at radius 1 is 1.40 bits per heavy atom. The molecule has 0 saturated carbocycles. The third-order valence-corrected chi connectivity index (χ3v) is 2.81. The number of hydrogen-bond donors (Lipinski definition) is 2. The molecule has 0 aromatic carbocycles. The average molecular weight is 277 g/mol. The third kappa shape index (κ3) is 2.73. The average Bonchev–Trinajstić information content (AvgIpc) is 2.79. The van der Waals surface area contributed by atoms with Gasteiger partial charge >= 0.3 is 5.97 Å². The molecule has 2 rings (SSSR count). The molecule has 8 heteroatoms. The maximum absolute atomic E-state index is 11.9. The zero-order valence-electron chi connectivity index (χ0n) is 11.4. The fourth-order valence-electron chi connectivity index (χ4n) is 1.67. The number of rotatable bonds is 4. The van der Waals surface area contributed by atoms with Crippen molar-refractivity contribution in [3.63, 3.8) is 0 Å². The smallest absolute Gasteiger partial charge is 0.308 e. The van der Waals surface area contributed by atoms with E-state index in [-0.39, 0.29) is 12.4 Å². The zero-order valence-corrected chi connectivity index (χ0v) is 11.4. The van der Waals surface area contributed by atoms with E-state index in [9.17, 15) is 9.59 Å². The number of amides is 1. The lowest BCUT2D eigenvalue weighted by atomic mass is 10.2. The van der Waals surface area contributed by atoms with E-state index < -0.39 is 17.8 Å². The van der Waals surface area contributed by atoms with Crippen molar-refractivity contribution in [2.24, 2.45) is 5.92 Å². The number of fused-ring (bicyclic) bond motifs is 1. The van der Waals surface area contributed by atoms with Crippen molar-refractivity contribution < 1.29 is 14.7 Å². The minimum absolute atomic E-state index is 0.0230. The summed E-state index contributed by atoms with van der Waals surface area (Å²) < 4.78 is 1.47. The van der Waals surface area contributed by atoms with Crippen LogP contribution in [0.15, 0.2) is 6.07 Å². The van der Waals surface area contributed by atoms with E-state index in [0.717, 1.165) is 11.4 Å². The number of nitrogens with one attached hydrogen (secondary N) is 1. The fourth-order valence-corrected chi connectivity index (χ4v) is 1.67. The highest BCUT2D eigenvalue weighted by molar-refractivity contribution is 5.91. The number of carboxylic acids is 1. The van der Waals surface area contributed by atoms with Gasteiger partial charge in [-0.25, -0.2) is 9.50 Å². The normalized spacial score (nSPS) is 12.3. The van der Waals surface area contributed by atoms with Gasteiger partial charge in [-0.1, -0.05) is 6.92 Å². The van der Waals surface area contributed by atoms with Crippen LogP contribution in [0.2, 0.25) is 0 Å². The highest BCUT2D eigenvalue weighted by atomic mass is 16.4. The highest BCUT2D eigenvalue weighted by Crippen LogP contribution is 2.05. The summed E-state index contributed by atoms with van der Waals surface area (Å²) in [5.74, 6) is -1.83. The summed E-state index contributed by atoms with van der Waals surface area (Å²) >= 11 is 0. The topological polar surface area (TPSA) is 109 Å². The van der Waals surface area contributed by atoms with Gasteiger partial charge in [0.15, 0.2) is 0 Å². The summed E-state index contributed by atoms with van der Waals surface area (Å²) in [5, 5.41) is 15.3. The van der Waals surface area contributed by atoms with Gasteiger partial charge in [0.1, 0.15) is 0 Å². The van der Waals surface area contributed by atoms with Crippen LogP contribution in [0.5, 0.6) is 0 Å². The van der Waals surface area contributed by atoms with Crippen LogP contribution in [-0.4, -0.2) is 43.1 Å². The number of aromatic nitrogens is 4. The Labute approximate surface area is 114 Å². The molecule has 1 unspecified atom stereocenters. The van der Waals surface area contributed by atoms with Crippen molar-refractivity contribution in [3.8, 4) is 0 Å². The van der Waals surface area contributed by atoms with Crippen LogP contribution in [0.25, 0.3) is 5.78 Å². The highest BCUT2D eigenvalue weighted by Gasteiger charge is 2.17. The number of nitrogens with zero attached hydrogens (tertiary/aromatic N) is 4. The molecular formula is C12H15N5O3. The van der Waals surface area contributed by atoms with Crippen LogP contribution < -0.4 is 5.32 Å². The second kappa shape index (κ2) is 5.24. The van der Waals surface area contributed by atoms with Crippen molar-refractivity contribution in [3.05, 3.63) is 23.3 Å². The third-order valence-electron chi connectivity index (χ3n) is 2.81. The molecule has 106 valence electrons. The molecule has 0 aliphatic rings. The first kappa shape index (κ1) is 13.9. The maximum Gasteiger partial charge on any atom is 0.308 e. The van der Waals surface area contributed by atoms with Gasteiger partial charge in [-0.05, 0) is 19.9 Å². The second-order valence-electron chi connectivity index (χ2n) is 4.64. The van der Waals surface area contributed by atoms with Crippen molar-refractivity contribution in [2.75, 3.05) is 6.54 Å². The van der Waals surface area contributed by atoms with Gasteiger partial charge in [-0.15, -0.1) is 5.10 Å². The molecule has 0 radical (unpaired) electrons. The molecule has 1 atom stereocenters. The number of carbonyl (C=O) groups excluding carboxylic acids is 1. The molecule has 2 aromatic rings. The molecule has 0 spiro atoms. The maximum atomic E-state index is 11.9. The molecule has 0 saturated heterocycles. The van der Waals surface area contributed by atoms with E-state index >= 15 is 0 Å². The first-order chi connectivity index (χ1) is 9.38. The van der Waals surface area contributed by atoms with Gasteiger partial charge in [0, 0.05) is 17.9 Å². The summed E-state index contributed by atoms with van der Waals surface area (Å²) in [5.41, 5.74) is 1.60. The van der Waals surface area contributed by atoms with Crippen LogP contribution >= 0.6 is 0 Å². The predicted octanol–water partition coefficient (Wildman–Crippen LogP) is 0.192. The minimum atomic E-state index is -0.971. The minimum Gasteiger partial charge on any atom is -0.481 e. The number of aliphatic carboxylic acids is 1. The summed E-state index contributed by atoms with van der Waals surface area (Å²) in [6.45, 7) is 5.20. The molecule has 1 amide bonds. The molecule has 2 heterocycles. The van der Waals surface area contributed by atoms with Crippen molar-refractivity contribution in [1.82, 2.24) is 24.9 Å². The van der Waals surface area contributed by atoms with Gasteiger partial charge in [-0.3, -0.25) is 9.59 Å². The Morgan fingerprint density at radius 2 is 2.10 bits per heavy atom. The van der Waals surface area contributed by atoms with E-state index in [2.05, 4.69) is 20.4 Å². The van der Waals surface area contributed by atoms with Gasteiger partial charge in [0.25, 0.3) is 11.7 Å². The van der Waals surface area contributed by atoms with Gasteiger partial charge in [0.2, 0.25) is 5.82 Å². The monoisotopic (exact) mass is 277 g/mol. The van der Waals surface area contributed by atoms with E-state index in [4.69, 9.17) is 5.11 Å². The van der Waals surface area contributed by atoms with Gasteiger partial charge in [-0.2, -0.15) is 4.98 Å². The lowest BCUT2D eigenvalue weighted by Crippen LogP contribution is -2.32. The van der Waals surface area contributed by atoms with Crippen molar-refractivity contribution >= 4 is 17.7 Å². The Bertz CT molecular complexity index is 679. The van der Waals surface area contributed by atoms with Crippen molar-refractivity contribution in [2.45, 2.75) is 20.8 Å². The Hall–Kier alpha value is -2.51. The second-order valence-corrected chi connectivity index (χ2v) is 4.64. The lowest BCUT2D eigenvalue weighted by molar-refractivity contribution is -0.140. The van der Waals surface area contributed by atoms with Crippen LogP contribution in [-0.2, 0) is 4.79 Å². The fraction of sp³-hybridized carbons (Fsp3) is 0.417. The molecule has 0 bridgehead atoms. The summed E-state index contributed by atoms with van der Waals surface area (Å²) in [6.07, 6.45) is 0. The Morgan fingerprint density at radius 3 is 2.75 bits per heavy atom. The van der Waals surface area contributed by atoms with Gasteiger partial charge in [0.05, 0.1) is 5.92 Å². The Kier molecular flexibility index (Phi) is 3.64. The van der Waals surface area contributed by atoms with Crippen LogP contribution in [0.4, 0.5) is 0 Å². The molecule has 0 aliphatic heterocycles. The van der Waals surface area contributed by atoms with E-state index in [1.54, 1.807) is 0 Å². The molecule has 0 aliphatic carbocycles. The first-order valence-corrected chi connectivity index (χ1v) is 6.10. The number of hydrogen-bond acceptors (Lipinski definition) is 5. The molecule has 2 aromatic heterocycles. The summed E-state index contributed by atoms with van der Waals surface area (Å²) in [6, 6.07) is 1.83. The number of carbonyl (C=O) groups is 2.